The van der Waals surface area contributed by atoms with E-state index in [0.717, 1.165) is 32.1 Å². The molecular formula is C13H23N3O. The zero-order chi connectivity index (χ0) is 12.3. The maximum absolute atomic E-state index is 12.0. The highest BCUT2D eigenvalue weighted by molar-refractivity contribution is 5.81. The van der Waals surface area contributed by atoms with Gasteiger partial charge in [0.15, 0.2) is 0 Å². The molecule has 0 bridgehead atoms. The Kier molecular flexibility index (Phi) is 4.18. The van der Waals surface area contributed by atoms with Crippen molar-refractivity contribution in [2.24, 2.45) is 11.7 Å². The van der Waals surface area contributed by atoms with E-state index < -0.39 is 6.04 Å². The van der Waals surface area contributed by atoms with Gasteiger partial charge in [-0.15, -0.1) is 6.58 Å². The molecule has 1 amide bonds. The average molecular weight is 237 g/mol. The lowest BCUT2D eigenvalue weighted by Gasteiger charge is -2.35. The Morgan fingerprint density at radius 1 is 1.35 bits per heavy atom. The van der Waals surface area contributed by atoms with Gasteiger partial charge in [0, 0.05) is 32.7 Å². The van der Waals surface area contributed by atoms with Crippen LogP contribution in [0.1, 0.15) is 19.3 Å². The van der Waals surface area contributed by atoms with Crippen LogP contribution in [0.5, 0.6) is 0 Å². The molecule has 1 aliphatic carbocycles. The molecule has 2 N–H and O–H groups in total. The predicted molar refractivity (Wildman–Crippen MR) is 68.5 cm³/mol. The van der Waals surface area contributed by atoms with Crippen molar-refractivity contribution in [2.45, 2.75) is 25.3 Å². The molecule has 0 aromatic carbocycles. The first-order valence-corrected chi connectivity index (χ1v) is 6.58. The Balaban J connectivity index is 1.73. The van der Waals surface area contributed by atoms with E-state index in [2.05, 4.69) is 11.5 Å². The number of hydrogen-bond donors (Lipinski definition) is 1. The SMILES string of the molecule is C=CCC(N)C(=O)N1CCN(CC2CC2)CC1. The number of carbonyl (C=O) groups is 1. The summed E-state index contributed by atoms with van der Waals surface area (Å²) in [6.45, 7) is 8.51. The van der Waals surface area contributed by atoms with Crippen LogP contribution in [0.25, 0.3) is 0 Å². The first-order valence-electron chi connectivity index (χ1n) is 6.58. The topological polar surface area (TPSA) is 49.6 Å². The Hall–Kier alpha value is -0.870. The van der Waals surface area contributed by atoms with Gasteiger partial charge in [-0.1, -0.05) is 6.08 Å². The Bertz CT molecular complexity index is 280. The second-order valence-corrected chi connectivity index (χ2v) is 5.20. The minimum absolute atomic E-state index is 0.0796. The summed E-state index contributed by atoms with van der Waals surface area (Å²) in [7, 11) is 0. The van der Waals surface area contributed by atoms with Crippen LogP contribution < -0.4 is 5.73 Å². The van der Waals surface area contributed by atoms with Crippen LogP contribution >= 0.6 is 0 Å². The van der Waals surface area contributed by atoms with Crippen LogP contribution in [0.15, 0.2) is 12.7 Å². The fourth-order valence-corrected chi connectivity index (χ4v) is 2.33. The highest BCUT2D eigenvalue weighted by atomic mass is 16.2. The zero-order valence-electron chi connectivity index (χ0n) is 10.5. The lowest BCUT2D eigenvalue weighted by Crippen LogP contribution is -2.53. The fraction of sp³-hybridized carbons (Fsp3) is 0.769. The van der Waals surface area contributed by atoms with Gasteiger partial charge in [-0.25, -0.2) is 0 Å². The summed E-state index contributed by atoms with van der Waals surface area (Å²) >= 11 is 0. The number of piperazine rings is 1. The molecule has 2 fully saturated rings. The van der Waals surface area contributed by atoms with Gasteiger partial charge in [0.2, 0.25) is 5.91 Å². The summed E-state index contributed by atoms with van der Waals surface area (Å²) in [6, 6.07) is -0.400. The molecule has 0 aromatic heterocycles. The smallest absolute Gasteiger partial charge is 0.239 e. The minimum atomic E-state index is -0.400. The zero-order valence-corrected chi connectivity index (χ0v) is 10.5. The lowest BCUT2D eigenvalue weighted by molar-refractivity contribution is -0.134. The maximum Gasteiger partial charge on any atom is 0.239 e. The van der Waals surface area contributed by atoms with Gasteiger partial charge in [0.25, 0.3) is 0 Å². The number of carbonyl (C=O) groups excluding carboxylic acids is 1. The van der Waals surface area contributed by atoms with Crippen molar-refractivity contribution >= 4 is 5.91 Å². The molecule has 1 aliphatic heterocycles. The molecule has 17 heavy (non-hydrogen) atoms. The number of hydrogen-bond acceptors (Lipinski definition) is 3. The fourth-order valence-electron chi connectivity index (χ4n) is 2.33. The van der Waals surface area contributed by atoms with Crippen molar-refractivity contribution in [3.63, 3.8) is 0 Å². The molecule has 4 heteroatoms. The Labute approximate surface area is 103 Å². The summed E-state index contributed by atoms with van der Waals surface area (Å²) < 4.78 is 0. The highest BCUT2D eigenvalue weighted by Gasteiger charge is 2.28. The number of nitrogens with two attached hydrogens (primary N) is 1. The molecule has 4 nitrogen and oxygen atoms in total. The molecule has 1 atom stereocenters. The van der Waals surface area contributed by atoms with E-state index >= 15 is 0 Å². The minimum Gasteiger partial charge on any atom is -0.339 e. The van der Waals surface area contributed by atoms with Crippen LogP contribution in [0.2, 0.25) is 0 Å². The van der Waals surface area contributed by atoms with Gasteiger partial charge in [-0.3, -0.25) is 9.69 Å². The molecular weight excluding hydrogens is 214 g/mol. The molecule has 0 aromatic rings. The quantitative estimate of drug-likeness (QED) is 0.706. The molecule has 2 rings (SSSR count). The Morgan fingerprint density at radius 3 is 2.53 bits per heavy atom. The first-order chi connectivity index (χ1) is 8.20. The van der Waals surface area contributed by atoms with Gasteiger partial charge >= 0.3 is 0 Å². The third-order valence-electron chi connectivity index (χ3n) is 3.64. The lowest BCUT2D eigenvalue weighted by atomic mass is 10.1. The molecule has 0 spiro atoms. The predicted octanol–water partition coefficient (Wildman–Crippen LogP) is 0.444. The van der Waals surface area contributed by atoms with E-state index in [1.165, 1.54) is 19.4 Å². The van der Waals surface area contributed by atoms with Crippen LogP contribution in [-0.4, -0.2) is 54.5 Å². The highest BCUT2D eigenvalue weighted by Crippen LogP contribution is 2.29. The van der Waals surface area contributed by atoms with Crippen LogP contribution in [0.4, 0.5) is 0 Å². The number of rotatable bonds is 5. The summed E-state index contributed by atoms with van der Waals surface area (Å²) in [6.07, 6.45) is 5.07. The average Bonchev–Trinajstić information content (AvgIpc) is 3.13. The summed E-state index contributed by atoms with van der Waals surface area (Å²) in [5, 5.41) is 0. The molecule has 0 radical (unpaired) electrons. The van der Waals surface area contributed by atoms with Gasteiger partial charge < -0.3 is 10.6 Å². The van der Waals surface area contributed by atoms with Gasteiger partial charge in [0.05, 0.1) is 6.04 Å². The first kappa shape index (κ1) is 12.6. The number of nitrogens with zero attached hydrogens (tertiary/aromatic N) is 2. The standard InChI is InChI=1S/C13H23N3O/c1-2-3-12(14)13(17)16-8-6-15(7-9-16)10-11-4-5-11/h2,11-12H,1,3-10,14H2. The summed E-state index contributed by atoms with van der Waals surface area (Å²) in [5.74, 6) is 1.01. The summed E-state index contributed by atoms with van der Waals surface area (Å²) in [4.78, 5) is 16.3. The maximum atomic E-state index is 12.0. The third kappa shape index (κ3) is 3.54. The number of amides is 1. The van der Waals surface area contributed by atoms with Crippen molar-refractivity contribution in [3.05, 3.63) is 12.7 Å². The van der Waals surface area contributed by atoms with Gasteiger partial charge in [0.1, 0.15) is 0 Å². The van der Waals surface area contributed by atoms with E-state index in [-0.39, 0.29) is 5.91 Å². The van der Waals surface area contributed by atoms with Crippen molar-refractivity contribution in [1.29, 1.82) is 0 Å². The molecule has 96 valence electrons. The van der Waals surface area contributed by atoms with Crippen LogP contribution in [0, 0.1) is 5.92 Å². The largest absolute Gasteiger partial charge is 0.339 e. The van der Waals surface area contributed by atoms with Crippen LogP contribution in [-0.2, 0) is 4.79 Å². The van der Waals surface area contributed by atoms with E-state index in [0.29, 0.717) is 6.42 Å². The van der Waals surface area contributed by atoms with Gasteiger partial charge in [-0.2, -0.15) is 0 Å². The van der Waals surface area contributed by atoms with Crippen molar-refractivity contribution in [3.8, 4) is 0 Å². The molecule has 2 aliphatic rings. The third-order valence-corrected chi connectivity index (χ3v) is 3.64. The van der Waals surface area contributed by atoms with E-state index in [4.69, 9.17) is 5.73 Å². The Morgan fingerprint density at radius 2 is 2.00 bits per heavy atom. The van der Waals surface area contributed by atoms with Crippen molar-refractivity contribution in [2.75, 3.05) is 32.7 Å². The van der Waals surface area contributed by atoms with Crippen molar-refractivity contribution < 1.29 is 4.79 Å². The summed E-state index contributed by atoms with van der Waals surface area (Å²) in [5.41, 5.74) is 5.81. The van der Waals surface area contributed by atoms with Crippen LogP contribution in [0.3, 0.4) is 0 Å². The molecule has 1 heterocycles. The van der Waals surface area contributed by atoms with E-state index in [1.807, 2.05) is 4.90 Å². The molecule has 1 unspecified atom stereocenters. The van der Waals surface area contributed by atoms with E-state index in [1.54, 1.807) is 6.08 Å². The normalized spacial score (nSPS) is 23.5. The second kappa shape index (κ2) is 5.65. The molecule has 1 saturated carbocycles. The van der Waals surface area contributed by atoms with E-state index in [9.17, 15) is 4.79 Å². The molecule has 1 saturated heterocycles. The van der Waals surface area contributed by atoms with Gasteiger partial charge in [-0.05, 0) is 25.2 Å². The van der Waals surface area contributed by atoms with Crippen molar-refractivity contribution in [1.82, 2.24) is 9.80 Å². The second-order valence-electron chi connectivity index (χ2n) is 5.20. The monoisotopic (exact) mass is 237 g/mol.